The molecule has 1 atom stereocenters. The highest BCUT2D eigenvalue weighted by molar-refractivity contribution is 5.72. The molecule has 6 heteroatoms. The standard InChI is InChI=1S/C75H114O6/c1-4-7-10-13-16-19-22-25-28-29-30-31-32-33-34-35-36-37-38-39-40-41-42-43-44-45-48-50-53-56-59-62-65-68-74(77)80-71-72(81-75(78)69-66-63-60-57-54-51-47-27-24-21-18-15-12-9-6-3)70-79-73(76)67-64-61-58-55-52-49-46-26-23-20-17-14-11-8-5-2/h7-12,16-21,25-28,30-31,33-34,36-37,39-40,46-47,52,54-55,57,63,66,72H,4-6,13-15,22-24,29,32,35,38,41-45,48-51,53,56,58-62,64-65,67-71H2,1-3H3/b10-7-,11-8-,12-9-,19-16-,20-17-,21-18-,28-25-,31-30-,34-33-,37-36-,40-39-,46-26-,47-27-,55-52-,57-54-,66-63-. The molecule has 0 saturated heterocycles. The predicted octanol–water partition coefficient (Wildman–Crippen LogP) is 22.2. The third kappa shape index (κ3) is 64.9. The summed E-state index contributed by atoms with van der Waals surface area (Å²) in [6, 6.07) is 0. The average molecular weight is 1110 g/mol. The Morgan fingerprint density at radius 1 is 0.259 bits per heavy atom. The molecule has 0 aliphatic rings. The molecule has 0 N–H and O–H groups in total. The van der Waals surface area contributed by atoms with Gasteiger partial charge in [-0.25, -0.2) is 0 Å². The van der Waals surface area contributed by atoms with E-state index in [9.17, 15) is 14.4 Å². The minimum Gasteiger partial charge on any atom is -0.462 e. The summed E-state index contributed by atoms with van der Waals surface area (Å²) >= 11 is 0. The van der Waals surface area contributed by atoms with Gasteiger partial charge in [-0.15, -0.1) is 0 Å². The zero-order valence-electron chi connectivity index (χ0n) is 51.5. The molecule has 81 heavy (non-hydrogen) atoms. The summed E-state index contributed by atoms with van der Waals surface area (Å²) in [5.41, 5.74) is 0. The molecule has 6 nitrogen and oxygen atoms in total. The van der Waals surface area contributed by atoms with Crippen LogP contribution in [0.5, 0.6) is 0 Å². The molecule has 450 valence electrons. The van der Waals surface area contributed by atoms with E-state index in [1.165, 1.54) is 57.8 Å². The highest BCUT2D eigenvalue weighted by atomic mass is 16.6. The van der Waals surface area contributed by atoms with Crippen molar-refractivity contribution in [3.05, 3.63) is 194 Å². The van der Waals surface area contributed by atoms with Crippen molar-refractivity contribution in [2.24, 2.45) is 0 Å². The number of allylic oxidation sites excluding steroid dienone is 31. The van der Waals surface area contributed by atoms with Crippen LogP contribution in [0.25, 0.3) is 0 Å². The van der Waals surface area contributed by atoms with Gasteiger partial charge in [0.05, 0.1) is 6.42 Å². The molecule has 0 spiro atoms. The van der Waals surface area contributed by atoms with E-state index in [4.69, 9.17) is 14.2 Å². The fourth-order valence-electron chi connectivity index (χ4n) is 7.96. The van der Waals surface area contributed by atoms with Gasteiger partial charge in [-0.2, -0.15) is 0 Å². The van der Waals surface area contributed by atoms with Crippen LogP contribution in [-0.4, -0.2) is 37.2 Å². The van der Waals surface area contributed by atoms with Gasteiger partial charge in [-0.05, 0) is 141 Å². The van der Waals surface area contributed by atoms with E-state index in [-0.39, 0.29) is 38.0 Å². The molecule has 0 saturated carbocycles. The maximum absolute atomic E-state index is 12.8. The summed E-state index contributed by atoms with van der Waals surface area (Å²) in [5, 5.41) is 0. The van der Waals surface area contributed by atoms with Crippen molar-refractivity contribution in [2.75, 3.05) is 13.2 Å². The van der Waals surface area contributed by atoms with Crippen LogP contribution in [0.3, 0.4) is 0 Å². The molecule has 0 aromatic carbocycles. The predicted molar refractivity (Wildman–Crippen MR) is 352 cm³/mol. The van der Waals surface area contributed by atoms with Crippen LogP contribution >= 0.6 is 0 Å². The van der Waals surface area contributed by atoms with Crippen molar-refractivity contribution in [2.45, 2.75) is 245 Å². The van der Waals surface area contributed by atoms with E-state index in [1.807, 2.05) is 6.08 Å². The maximum Gasteiger partial charge on any atom is 0.310 e. The molecule has 0 radical (unpaired) electrons. The highest BCUT2D eigenvalue weighted by Gasteiger charge is 2.19. The molecule has 0 bridgehead atoms. The van der Waals surface area contributed by atoms with E-state index >= 15 is 0 Å². The van der Waals surface area contributed by atoms with Crippen molar-refractivity contribution in [1.29, 1.82) is 0 Å². The third-order valence-corrected chi connectivity index (χ3v) is 12.6. The molecule has 0 aromatic rings. The topological polar surface area (TPSA) is 78.9 Å². The van der Waals surface area contributed by atoms with E-state index in [1.54, 1.807) is 6.08 Å². The lowest BCUT2D eigenvalue weighted by Crippen LogP contribution is -2.30. The molecule has 0 amide bonds. The molecule has 0 aromatic heterocycles. The van der Waals surface area contributed by atoms with Crippen LogP contribution in [0.15, 0.2) is 194 Å². The molecule has 0 fully saturated rings. The Morgan fingerprint density at radius 2 is 0.481 bits per heavy atom. The molecular formula is C75H114O6. The third-order valence-electron chi connectivity index (χ3n) is 12.6. The molecule has 0 aliphatic carbocycles. The zero-order chi connectivity index (χ0) is 58.5. The monoisotopic (exact) mass is 1110 g/mol. The normalized spacial score (nSPS) is 13.5. The lowest BCUT2D eigenvalue weighted by Gasteiger charge is -2.18. The Balaban J connectivity index is 4.38. The zero-order valence-corrected chi connectivity index (χ0v) is 51.5. The first kappa shape index (κ1) is 75.2. The number of hydrogen-bond donors (Lipinski definition) is 0. The molecule has 0 rings (SSSR count). The molecule has 0 heterocycles. The van der Waals surface area contributed by atoms with Crippen LogP contribution in [0.2, 0.25) is 0 Å². The maximum atomic E-state index is 12.8. The summed E-state index contributed by atoms with van der Waals surface area (Å²) in [4.78, 5) is 38.2. The van der Waals surface area contributed by atoms with Crippen LogP contribution < -0.4 is 0 Å². The van der Waals surface area contributed by atoms with Gasteiger partial charge in [0.1, 0.15) is 13.2 Å². The van der Waals surface area contributed by atoms with E-state index in [0.717, 1.165) is 128 Å². The fourth-order valence-corrected chi connectivity index (χ4v) is 7.96. The largest absolute Gasteiger partial charge is 0.462 e. The summed E-state index contributed by atoms with van der Waals surface area (Å²) < 4.78 is 16.7. The van der Waals surface area contributed by atoms with Crippen molar-refractivity contribution in [3.63, 3.8) is 0 Å². The van der Waals surface area contributed by atoms with Crippen LogP contribution in [-0.2, 0) is 28.6 Å². The second-order valence-corrected chi connectivity index (χ2v) is 20.2. The van der Waals surface area contributed by atoms with Gasteiger partial charge in [0.25, 0.3) is 0 Å². The Hall–Kier alpha value is -5.75. The van der Waals surface area contributed by atoms with Gasteiger partial charge in [0.2, 0.25) is 0 Å². The number of hydrogen-bond acceptors (Lipinski definition) is 6. The first-order chi connectivity index (χ1) is 40.0. The second-order valence-electron chi connectivity index (χ2n) is 20.2. The van der Waals surface area contributed by atoms with Gasteiger partial charge >= 0.3 is 17.9 Å². The lowest BCUT2D eigenvalue weighted by atomic mass is 10.0. The Bertz CT molecular complexity index is 1950. The first-order valence-corrected chi connectivity index (χ1v) is 31.9. The number of esters is 3. The Morgan fingerprint density at radius 3 is 0.778 bits per heavy atom. The summed E-state index contributed by atoms with van der Waals surface area (Å²) in [5.74, 6) is -1.13. The van der Waals surface area contributed by atoms with Gasteiger partial charge in [-0.1, -0.05) is 273 Å². The smallest absolute Gasteiger partial charge is 0.310 e. The molecule has 0 aliphatic heterocycles. The minimum atomic E-state index is -0.862. The van der Waals surface area contributed by atoms with E-state index < -0.39 is 12.1 Å². The van der Waals surface area contributed by atoms with Crippen LogP contribution in [0.4, 0.5) is 0 Å². The number of ether oxygens (including phenoxy) is 3. The van der Waals surface area contributed by atoms with Crippen LogP contribution in [0.1, 0.15) is 239 Å². The average Bonchev–Trinajstić information content (AvgIpc) is 3.47. The first-order valence-electron chi connectivity index (χ1n) is 31.9. The second kappa shape index (κ2) is 66.8. The Labute approximate surface area is 497 Å². The lowest BCUT2D eigenvalue weighted by molar-refractivity contribution is -0.166. The van der Waals surface area contributed by atoms with Gasteiger partial charge in [0, 0.05) is 12.8 Å². The molecule has 1 unspecified atom stereocenters. The highest BCUT2D eigenvalue weighted by Crippen LogP contribution is 2.14. The SMILES string of the molecule is CC/C=C\C/C=C\C/C=C\C/C=C\C/C=C\C/C=C\C/C=C\CCCCCCCCCCCCCC(=O)OCC(COC(=O)CCCC/C=C\C/C=C\C/C=C\C/C=C\CC)OC(=O)C/C=C\C/C=C\C/C=C\C/C=C\C/C=C\CC. The number of carbonyl (C=O) groups is 3. The minimum absolute atomic E-state index is 0.0777. The quantitative estimate of drug-likeness (QED) is 0.0261. The van der Waals surface area contributed by atoms with Gasteiger partial charge in [0.15, 0.2) is 6.10 Å². The van der Waals surface area contributed by atoms with Crippen molar-refractivity contribution in [3.8, 4) is 0 Å². The van der Waals surface area contributed by atoms with Crippen molar-refractivity contribution in [1.82, 2.24) is 0 Å². The summed E-state index contributed by atoms with van der Waals surface area (Å²) in [6.45, 7) is 6.16. The fraction of sp³-hybridized carbons (Fsp3) is 0.533. The van der Waals surface area contributed by atoms with Crippen LogP contribution in [0, 0.1) is 0 Å². The molecular weight excluding hydrogens is 997 g/mol. The van der Waals surface area contributed by atoms with E-state index in [2.05, 4.69) is 203 Å². The van der Waals surface area contributed by atoms with Gasteiger partial charge < -0.3 is 14.2 Å². The number of unbranched alkanes of at least 4 members (excludes halogenated alkanes) is 13. The number of rotatable bonds is 55. The summed E-state index contributed by atoms with van der Waals surface area (Å²) in [7, 11) is 0. The number of carbonyl (C=O) groups excluding carboxylic acids is 3. The van der Waals surface area contributed by atoms with Crippen molar-refractivity contribution < 1.29 is 28.6 Å². The van der Waals surface area contributed by atoms with Crippen molar-refractivity contribution >= 4 is 17.9 Å². The van der Waals surface area contributed by atoms with E-state index in [0.29, 0.717) is 19.3 Å². The summed E-state index contributed by atoms with van der Waals surface area (Å²) in [6.07, 6.45) is 102. The van der Waals surface area contributed by atoms with Gasteiger partial charge in [-0.3, -0.25) is 14.4 Å². The Kier molecular flexibility index (Phi) is 62.0.